The van der Waals surface area contributed by atoms with Gasteiger partial charge >= 0.3 is 6.03 Å². The number of ether oxygens (including phenoxy) is 2. The van der Waals surface area contributed by atoms with Crippen LogP contribution >= 0.6 is 23.4 Å². The summed E-state index contributed by atoms with van der Waals surface area (Å²) in [7, 11) is 3.17. The Morgan fingerprint density at radius 1 is 1.23 bits per heavy atom. The van der Waals surface area contributed by atoms with Crippen LogP contribution in [0.25, 0.3) is 0 Å². The number of benzene rings is 2. The van der Waals surface area contributed by atoms with Gasteiger partial charge in [-0.25, -0.2) is 9.18 Å². The van der Waals surface area contributed by atoms with E-state index >= 15 is 0 Å². The zero-order chi connectivity index (χ0) is 18.7. The Kier molecular flexibility index (Phi) is 5.78. The van der Waals surface area contributed by atoms with Crippen molar-refractivity contribution in [1.82, 2.24) is 4.90 Å². The number of carbonyl (C=O) groups excluding carboxylic acids is 1. The monoisotopic (exact) mass is 396 g/mol. The number of nitrogens with one attached hydrogen (secondary N) is 1. The number of hydrogen-bond donors (Lipinski definition) is 1. The maximum atomic E-state index is 13.3. The summed E-state index contributed by atoms with van der Waals surface area (Å²) in [6.07, 6.45) is 0. The number of amides is 2. The molecule has 1 fully saturated rings. The number of anilines is 1. The van der Waals surface area contributed by atoms with Gasteiger partial charge in [-0.2, -0.15) is 0 Å². The molecule has 0 radical (unpaired) electrons. The van der Waals surface area contributed by atoms with Crippen molar-refractivity contribution in [3.05, 3.63) is 52.8 Å². The number of hydrogen-bond acceptors (Lipinski definition) is 4. The normalized spacial score (nSPS) is 16.5. The van der Waals surface area contributed by atoms with Crippen molar-refractivity contribution in [1.29, 1.82) is 0 Å². The van der Waals surface area contributed by atoms with Crippen LogP contribution in [0.2, 0.25) is 5.02 Å². The maximum absolute atomic E-state index is 13.3. The molecule has 0 saturated carbocycles. The van der Waals surface area contributed by atoms with Crippen LogP contribution in [-0.2, 0) is 0 Å². The van der Waals surface area contributed by atoms with E-state index in [-0.39, 0.29) is 16.4 Å². The molecule has 1 saturated heterocycles. The third-order valence-electron chi connectivity index (χ3n) is 3.98. The highest BCUT2D eigenvalue weighted by molar-refractivity contribution is 7.99. The Hall–Kier alpha value is -2.12. The van der Waals surface area contributed by atoms with E-state index < -0.39 is 5.82 Å². The second-order valence-electron chi connectivity index (χ2n) is 5.62. The smallest absolute Gasteiger partial charge is 0.323 e. The van der Waals surface area contributed by atoms with Gasteiger partial charge in [-0.05, 0) is 35.9 Å². The van der Waals surface area contributed by atoms with Crippen molar-refractivity contribution in [3.8, 4) is 11.5 Å². The molecule has 0 spiro atoms. The van der Waals surface area contributed by atoms with Gasteiger partial charge in [0.25, 0.3) is 0 Å². The molecule has 1 unspecified atom stereocenters. The highest BCUT2D eigenvalue weighted by Gasteiger charge is 2.31. The van der Waals surface area contributed by atoms with Gasteiger partial charge < -0.3 is 19.7 Å². The molecule has 1 atom stereocenters. The van der Waals surface area contributed by atoms with Gasteiger partial charge in [0.05, 0.1) is 19.2 Å². The minimum absolute atomic E-state index is 0.0346. The Balaban J connectivity index is 1.81. The van der Waals surface area contributed by atoms with Crippen LogP contribution in [0.4, 0.5) is 14.9 Å². The molecular formula is C18H18ClFN2O3S. The molecule has 0 aromatic heterocycles. The van der Waals surface area contributed by atoms with Crippen molar-refractivity contribution in [2.75, 3.05) is 31.8 Å². The lowest BCUT2D eigenvalue weighted by atomic mass is 10.2. The Morgan fingerprint density at radius 2 is 1.92 bits per heavy atom. The minimum Gasteiger partial charge on any atom is -0.497 e. The van der Waals surface area contributed by atoms with Crippen LogP contribution in [0.3, 0.4) is 0 Å². The maximum Gasteiger partial charge on any atom is 0.323 e. The number of methoxy groups -OCH3 is 2. The fourth-order valence-corrected chi connectivity index (χ4v) is 4.11. The standard InChI is InChI=1S/C18H18ClFN2O3S/c1-24-13-7-11(8-14(10-13)25-2)17-22(5-6-26-17)18(23)21-12-3-4-16(20)15(19)9-12/h3-4,7-10,17H,5-6H2,1-2H3,(H,21,23). The van der Waals surface area contributed by atoms with E-state index in [1.807, 2.05) is 12.1 Å². The summed E-state index contributed by atoms with van der Waals surface area (Å²) >= 11 is 7.43. The number of rotatable bonds is 4. The third-order valence-corrected chi connectivity index (χ3v) is 5.53. The van der Waals surface area contributed by atoms with Gasteiger partial charge in [0, 0.05) is 24.1 Å². The molecule has 5 nitrogen and oxygen atoms in total. The van der Waals surface area contributed by atoms with Crippen LogP contribution in [0.15, 0.2) is 36.4 Å². The van der Waals surface area contributed by atoms with Gasteiger partial charge in [0.1, 0.15) is 22.7 Å². The zero-order valence-corrected chi connectivity index (χ0v) is 15.9. The molecule has 2 aromatic rings. The largest absolute Gasteiger partial charge is 0.497 e. The van der Waals surface area contributed by atoms with Gasteiger partial charge in [-0.15, -0.1) is 11.8 Å². The highest BCUT2D eigenvalue weighted by Crippen LogP contribution is 2.41. The van der Waals surface area contributed by atoms with Gasteiger partial charge in [-0.3, -0.25) is 0 Å². The first-order valence-corrected chi connectivity index (χ1v) is 9.31. The number of carbonyl (C=O) groups is 1. The molecule has 2 aromatic carbocycles. The van der Waals surface area contributed by atoms with Crippen LogP contribution in [-0.4, -0.2) is 37.4 Å². The van der Waals surface area contributed by atoms with E-state index in [4.69, 9.17) is 21.1 Å². The second-order valence-corrected chi connectivity index (χ2v) is 7.22. The van der Waals surface area contributed by atoms with Crippen LogP contribution < -0.4 is 14.8 Å². The predicted octanol–water partition coefficient (Wildman–Crippen LogP) is 4.78. The van der Waals surface area contributed by atoms with Gasteiger partial charge in [0.2, 0.25) is 0 Å². The molecule has 2 amide bonds. The fraction of sp³-hybridized carbons (Fsp3) is 0.278. The van der Waals surface area contributed by atoms with Crippen molar-refractivity contribution >= 4 is 35.1 Å². The molecular weight excluding hydrogens is 379 g/mol. The summed E-state index contributed by atoms with van der Waals surface area (Å²) in [6, 6.07) is 9.38. The number of nitrogens with zero attached hydrogens (tertiary/aromatic N) is 1. The van der Waals surface area contributed by atoms with E-state index in [1.165, 1.54) is 18.2 Å². The van der Waals surface area contributed by atoms with Crippen LogP contribution in [0, 0.1) is 5.82 Å². The molecule has 3 rings (SSSR count). The SMILES string of the molecule is COc1cc(OC)cc(C2SCCN2C(=O)Nc2ccc(F)c(Cl)c2)c1. The van der Waals surface area contributed by atoms with Crippen molar-refractivity contribution in [2.24, 2.45) is 0 Å². The Labute approximate surface area is 160 Å². The van der Waals surface area contributed by atoms with Crippen LogP contribution in [0.1, 0.15) is 10.9 Å². The van der Waals surface area contributed by atoms with Crippen molar-refractivity contribution in [3.63, 3.8) is 0 Å². The first-order valence-electron chi connectivity index (χ1n) is 7.89. The average Bonchev–Trinajstić information content (AvgIpc) is 3.14. The topological polar surface area (TPSA) is 50.8 Å². The van der Waals surface area contributed by atoms with Gasteiger partial charge in [-0.1, -0.05) is 11.6 Å². The fourth-order valence-electron chi connectivity index (χ4n) is 2.70. The minimum atomic E-state index is -0.525. The first-order chi connectivity index (χ1) is 12.5. The lowest BCUT2D eigenvalue weighted by Crippen LogP contribution is -2.34. The van der Waals surface area contributed by atoms with E-state index in [0.717, 1.165) is 11.3 Å². The molecule has 138 valence electrons. The van der Waals surface area contributed by atoms with Crippen molar-refractivity contribution < 1.29 is 18.7 Å². The van der Waals surface area contributed by atoms with E-state index in [0.29, 0.717) is 23.7 Å². The van der Waals surface area contributed by atoms with E-state index in [2.05, 4.69) is 5.32 Å². The van der Waals surface area contributed by atoms with Crippen LogP contribution in [0.5, 0.6) is 11.5 Å². The van der Waals surface area contributed by atoms with Crippen molar-refractivity contribution in [2.45, 2.75) is 5.37 Å². The lowest BCUT2D eigenvalue weighted by molar-refractivity contribution is 0.214. The molecule has 8 heteroatoms. The Morgan fingerprint density at radius 3 is 2.54 bits per heavy atom. The highest BCUT2D eigenvalue weighted by atomic mass is 35.5. The molecule has 0 aliphatic carbocycles. The van der Waals surface area contributed by atoms with E-state index in [1.54, 1.807) is 36.9 Å². The summed E-state index contributed by atoms with van der Waals surface area (Å²) in [5.41, 5.74) is 1.36. The molecule has 0 bridgehead atoms. The third kappa shape index (κ3) is 3.99. The summed E-state index contributed by atoms with van der Waals surface area (Å²) in [5, 5.41) is 2.56. The first kappa shape index (κ1) is 18.7. The number of thioether (sulfide) groups is 1. The molecule has 1 aliphatic heterocycles. The molecule has 1 heterocycles. The predicted molar refractivity (Wildman–Crippen MR) is 102 cm³/mol. The zero-order valence-electron chi connectivity index (χ0n) is 14.3. The summed E-state index contributed by atoms with van der Waals surface area (Å²) in [5.74, 6) is 1.61. The number of urea groups is 1. The summed E-state index contributed by atoms with van der Waals surface area (Å²) in [6.45, 7) is 0.593. The Bertz CT molecular complexity index is 799. The van der Waals surface area contributed by atoms with E-state index in [9.17, 15) is 9.18 Å². The average molecular weight is 397 g/mol. The molecule has 1 N–H and O–H groups in total. The summed E-state index contributed by atoms with van der Waals surface area (Å²) < 4.78 is 23.9. The summed E-state index contributed by atoms with van der Waals surface area (Å²) in [4.78, 5) is 14.4. The number of halogens is 2. The quantitative estimate of drug-likeness (QED) is 0.808. The van der Waals surface area contributed by atoms with Gasteiger partial charge in [0.15, 0.2) is 0 Å². The second kappa shape index (κ2) is 8.05. The molecule has 26 heavy (non-hydrogen) atoms. The lowest BCUT2D eigenvalue weighted by Gasteiger charge is -2.25. The molecule has 1 aliphatic rings.